The van der Waals surface area contributed by atoms with E-state index >= 15 is 0 Å². The number of anilines is 2. The summed E-state index contributed by atoms with van der Waals surface area (Å²) in [5.74, 6) is 4.06. The molecule has 0 aliphatic carbocycles. The van der Waals surface area contributed by atoms with Crippen LogP contribution in [0.3, 0.4) is 0 Å². The standard InChI is InChI=1S/C35H35ClF3N7O3/c1-20(2)33(48)43-24-11-7-21(8-12-24)30-28(22-9-13-25(26(36)17-22)34(49)42-19-35(37,38)39)29-31(46(30)6)23(18-41-32(29)40)10-14-27(47)45(5)16-15-44(3)4/h7-9,11-13,17-18H,1,15-16,19H2,2-6H3,(H2,40,41)(H,42,49)(H,43,48). The summed E-state index contributed by atoms with van der Waals surface area (Å²) in [5.41, 5.74) is 10.5. The fraction of sp³-hybridized carbons (Fsp3) is 0.257. The lowest BCUT2D eigenvalue weighted by Gasteiger charge is -2.16. The van der Waals surface area contributed by atoms with Crippen LogP contribution in [0.1, 0.15) is 22.8 Å². The van der Waals surface area contributed by atoms with Crippen molar-refractivity contribution in [2.75, 3.05) is 51.8 Å². The number of halogens is 4. The van der Waals surface area contributed by atoms with Crippen molar-refractivity contribution in [3.63, 3.8) is 0 Å². The van der Waals surface area contributed by atoms with Gasteiger partial charge in [0.15, 0.2) is 0 Å². The first-order valence-electron chi connectivity index (χ1n) is 14.9. The van der Waals surface area contributed by atoms with Crippen molar-refractivity contribution in [3.05, 3.63) is 77.0 Å². The number of pyridine rings is 1. The van der Waals surface area contributed by atoms with Crippen LogP contribution in [-0.2, 0) is 16.6 Å². The van der Waals surface area contributed by atoms with Crippen LogP contribution in [0.15, 0.2) is 60.8 Å². The number of hydrogen-bond acceptors (Lipinski definition) is 6. The Bertz CT molecular complexity index is 2010. The number of aryl methyl sites for hydroxylation is 1. The van der Waals surface area contributed by atoms with Gasteiger partial charge >= 0.3 is 6.18 Å². The molecule has 2 aromatic carbocycles. The van der Waals surface area contributed by atoms with Crippen molar-refractivity contribution in [1.29, 1.82) is 0 Å². The van der Waals surface area contributed by atoms with Crippen molar-refractivity contribution < 1.29 is 27.6 Å². The van der Waals surface area contributed by atoms with Crippen molar-refractivity contribution in [3.8, 4) is 34.2 Å². The van der Waals surface area contributed by atoms with E-state index in [4.69, 9.17) is 17.3 Å². The van der Waals surface area contributed by atoms with Gasteiger partial charge in [0.05, 0.1) is 32.7 Å². The predicted octanol–water partition coefficient (Wildman–Crippen LogP) is 5.32. The van der Waals surface area contributed by atoms with Crippen LogP contribution < -0.4 is 16.4 Å². The molecule has 0 aliphatic heterocycles. The number of aromatic nitrogens is 2. The molecule has 0 unspecified atom stereocenters. The van der Waals surface area contributed by atoms with E-state index in [-0.39, 0.29) is 28.2 Å². The third-order valence-corrected chi connectivity index (χ3v) is 7.84. The Hall–Kier alpha value is -5.32. The molecule has 3 amide bonds. The summed E-state index contributed by atoms with van der Waals surface area (Å²) in [4.78, 5) is 45.4. The molecule has 0 bridgehead atoms. The average molecular weight is 694 g/mol. The number of alkyl halides is 3. The van der Waals surface area contributed by atoms with Crippen LogP contribution >= 0.6 is 11.6 Å². The smallest absolute Gasteiger partial charge is 0.383 e. The molecule has 2 heterocycles. The van der Waals surface area contributed by atoms with Gasteiger partial charge in [-0.05, 0) is 56.4 Å². The van der Waals surface area contributed by atoms with Gasteiger partial charge in [-0.15, -0.1) is 0 Å². The highest BCUT2D eigenvalue weighted by molar-refractivity contribution is 6.34. The number of rotatable bonds is 9. The molecule has 0 atom stereocenters. The number of nitrogens with zero attached hydrogens (tertiary/aromatic N) is 4. The molecule has 0 aliphatic rings. The first-order valence-corrected chi connectivity index (χ1v) is 15.3. The van der Waals surface area contributed by atoms with Crippen LogP contribution in [-0.4, -0.2) is 84.0 Å². The van der Waals surface area contributed by atoms with Crippen molar-refractivity contribution in [2.45, 2.75) is 13.1 Å². The number of nitrogens with two attached hydrogens (primary N) is 1. The molecule has 0 saturated heterocycles. The summed E-state index contributed by atoms with van der Waals surface area (Å²) in [6.45, 7) is 4.86. The lowest BCUT2D eigenvalue weighted by atomic mass is 9.96. The Labute approximate surface area is 286 Å². The molecule has 4 aromatic rings. The van der Waals surface area contributed by atoms with Gasteiger partial charge in [0.2, 0.25) is 0 Å². The van der Waals surface area contributed by atoms with Crippen LogP contribution in [0, 0.1) is 11.8 Å². The molecule has 10 nitrogen and oxygen atoms in total. The fourth-order valence-corrected chi connectivity index (χ4v) is 5.23. The van der Waals surface area contributed by atoms with Gasteiger partial charge in [-0.2, -0.15) is 13.2 Å². The van der Waals surface area contributed by atoms with Crippen molar-refractivity contribution >= 4 is 51.7 Å². The number of hydrogen-bond donors (Lipinski definition) is 3. The number of nitrogen functional groups attached to an aromatic ring is 1. The normalized spacial score (nSPS) is 11.2. The Kier molecular flexibility index (Phi) is 11.1. The monoisotopic (exact) mass is 693 g/mol. The minimum absolute atomic E-state index is 0.0909. The largest absolute Gasteiger partial charge is 0.405 e. The fourth-order valence-electron chi connectivity index (χ4n) is 4.97. The summed E-state index contributed by atoms with van der Waals surface area (Å²) in [5, 5.41) is 4.98. The summed E-state index contributed by atoms with van der Waals surface area (Å²) in [6, 6.07) is 11.3. The number of carbonyl (C=O) groups is 3. The van der Waals surface area contributed by atoms with Gasteiger partial charge in [-0.25, -0.2) is 4.98 Å². The maximum Gasteiger partial charge on any atom is 0.405 e. The first kappa shape index (κ1) is 36.5. The van der Waals surface area contributed by atoms with E-state index in [0.29, 0.717) is 63.2 Å². The minimum atomic E-state index is -4.60. The number of nitrogens with one attached hydrogen (secondary N) is 2. The molecule has 0 saturated carbocycles. The zero-order valence-corrected chi connectivity index (χ0v) is 28.3. The van der Waals surface area contributed by atoms with E-state index in [2.05, 4.69) is 28.7 Å². The summed E-state index contributed by atoms with van der Waals surface area (Å²) >= 11 is 6.50. The zero-order chi connectivity index (χ0) is 36.2. The zero-order valence-electron chi connectivity index (χ0n) is 27.6. The van der Waals surface area contributed by atoms with E-state index in [1.807, 2.05) is 28.9 Å². The van der Waals surface area contributed by atoms with Crippen molar-refractivity contribution in [1.82, 2.24) is 24.7 Å². The second kappa shape index (κ2) is 14.8. The molecule has 14 heteroatoms. The van der Waals surface area contributed by atoms with Crippen LogP contribution in [0.25, 0.3) is 33.3 Å². The minimum Gasteiger partial charge on any atom is -0.383 e. The number of likely N-dealkylation sites (N-methyl/N-ethyl adjacent to an activating group) is 2. The third-order valence-electron chi connectivity index (χ3n) is 7.53. The molecule has 0 fully saturated rings. The third kappa shape index (κ3) is 8.59. The quantitative estimate of drug-likeness (QED) is 0.161. The van der Waals surface area contributed by atoms with Crippen LogP contribution in [0.5, 0.6) is 0 Å². The Morgan fingerprint density at radius 2 is 1.71 bits per heavy atom. The SMILES string of the molecule is C=C(C)C(=O)Nc1ccc(-c2c(-c3ccc(C(=O)NCC(F)(F)F)c(Cl)c3)c3c(N)ncc(C#CC(=O)N(C)CCN(C)C)c3n2C)cc1. The molecule has 4 rings (SSSR count). The number of benzene rings is 2. The molecule has 0 spiro atoms. The first-order chi connectivity index (χ1) is 23.0. The lowest BCUT2D eigenvalue weighted by molar-refractivity contribution is -0.124. The predicted molar refractivity (Wildman–Crippen MR) is 186 cm³/mol. The molecule has 4 N–H and O–H groups in total. The summed E-state index contributed by atoms with van der Waals surface area (Å²) in [6.07, 6.45) is -3.12. The highest BCUT2D eigenvalue weighted by atomic mass is 35.5. The van der Waals surface area contributed by atoms with E-state index in [1.54, 1.807) is 51.4 Å². The molecule has 0 radical (unpaired) electrons. The maximum atomic E-state index is 12.8. The maximum absolute atomic E-state index is 12.8. The highest BCUT2D eigenvalue weighted by Crippen LogP contribution is 2.44. The number of amides is 3. The Morgan fingerprint density at radius 1 is 1.06 bits per heavy atom. The van der Waals surface area contributed by atoms with E-state index in [0.717, 1.165) is 0 Å². The van der Waals surface area contributed by atoms with Gasteiger partial charge in [0.1, 0.15) is 12.4 Å². The van der Waals surface area contributed by atoms with Gasteiger partial charge in [0.25, 0.3) is 17.7 Å². The van der Waals surface area contributed by atoms with E-state index in [1.165, 1.54) is 23.2 Å². The Balaban J connectivity index is 1.90. The number of fused-ring (bicyclic) bond motifs is 1. The summed E-state index contributed by atoms with van der Waals surface area (Å²) in [7, 11) is 7.25. The highest BCUT2D eigenvalue weighted by Gasteiger charge is 2.29. The van der Waals surface area contributed by atoms with Gasteiger partial charge in [-0.3, -0.25) is 14.4 Å². The average Bonchev–Trinajstić information content (AvgIpc) is 3.35. The molecule has 49 heavy (non-hydrogen) atoms. The van der Waals surface area contributed by atoms with E-state index in [9.17, 15) is 27.6 Å². The summed E-state index contributed by atoms with van der Waals surface area (Å²) < 4.78 is 40.1. The topological polar surface area (TPSA) is 126 Å². The molecular weight excluding hydrogens is 659 g/mol. The van der Waals surface area contributed by atoms with E-state index < -0.39 is 18.6 Å². The van der Waals surface area contributed by atoms with Crippen LogP contribution in [0.2, 0.25) is 5.02 Å². The molecule has 256 valence electrons. The van der Waals surface area contributed by atoms with Crippen LogP contribution in [0.4, 0.5) is 24.7 Å². The second-order valence-corrected chi connectivity index (χ2v) is 12.1. The second-order valence-electron chi connectivity index (χ2n) is 11.6. The molecular formula is C35H35ClF3N7O3. The van der Waals surface area contributed by atoms with Gasteiger partial charge in [0, 0.05) is 56.1 Å². The van der Waals surface area contributed by atoms with Gasteiger partial charge in [-0.1, -0.05) is 42.3 Å². The Morgan fingerprint density at radius 3 is 2.31 bits per heavy atom. The lowest BCUT2D eigenvalue weighted by Crippen LogP contribution is -2.33. The van der Waals surface area contributed by atoms with Crippen molar-refractivity contribution in [2.24, 2.45) is 7.05 Å². The number of carbonyl (C=O) groups excluding carboxylic acids is 3. The molecule has 2 aromatic heterocycles. The van der Waals surface area contributed by atoms with Gasteiger partial charge < -0.3 is 30.7 Å².